The molecular formula is C19H22ClN3O3S. The lowest BCUT2D eigenvalue weighted by Gasteiger charge is -2.33. The smallest absolute Gasteiger partial charge is 0.238 e. The fraction of sp³-hybridized carbons (Fsp3) is 0.316. The number of halogens is 1. The molecule has 2 aromatic carbocycles. The summed E-state index contributed by atoms with van der Waals surface area (Å²) in [5.41, 5.74) is 1.47. The quantitative estimate of drug-likeness (QED) is 0.798. The molecule has 1 aliphatic heterocycles. The summed E-state index contributed by atoms with van der Waals surface area (Å²) in [7, 11) is -3.35. The fourth-order valence-corrected chi connectivity index (χ4v) is 4.62. The van der Waals surface area contributed by atoms with Gasteiger partial charge in [-0.3, -0.25) is 9.69 Å². The van der Waals surface area contributed by atoms with Crippen LogP contribution in [0, 0.1) is 0 Å². The average Bonchev–Trinajstić information content (AvgIpc) is 2.64. The molecule has 0 aliphatic carbocycles. The standard InChI is InChI=1S/C19H22ClN3O3S/c20-17-6-8-18(9-7-17)21-19(24)14-22-10-12-23(13-11-22)27(25,26)15-16-4-2-1-3-5-16/h1-9H,10-15H2,(H,21,24). The molecule has 1 saturated heterocycles. The molecule has 0 saturated carbocycles. The van der Waals surface area contributed by atoms with E-state index in [1.165, 1.54) is 4.31 Å². The van der Waals surface area contributed by atoms with Crippen molar-refractivity contribution in [3.05, 3.63) is 65.2 Å². The van der Waals surface area contributed by atoms with Gasteiger partial charge in [0.2, 0.25) is 15.9 Å². The SMILES string of the molecule is O=C(CN1CCN(S(=O)(=O)Cc2ccccc2)CC1)Nc1ccc(Cl)cc1. The third kappa shape index (κ3) is 5.77. The molecule has 27 heavy (non-hydrogen) atoms. The summed E-state index contributed by atoms with van der Waals surface area (Å²) in [6.07, 6.45) is 0. The van der Waals surface area contributed by atoms with Crippen molar-refractivity contribution in [1.82, 2.24) is 9.21 Å². The number of hydrogen-bond acceptors (Lipinski definition) is 4. The highest BCUT2D eigenvalue weighted by molar-refractivity contribution is 7.88. The highest BCUT2D eigenvalue weighted by Gasteiger charge is 2.27. The number of sulfonamides is 1. The summed E-state index contributed by atoms with van der Waals surface area (Å²) in [6.45, 7) is 2.08. The predicted octanol–water partition coefficient (Wildman–Crippen LogP) is 2.43. The Bertz CT molecular complexity index is 865. The number of amides is 1. The van der Waals surface area contributed by atoms with E-state index in [0.29, 0.717) is 36.9 Å². The molecule has 1 aliphatic rings. The van der Waals surface area contributed by atoms with Crippen LogP contribution in [0.2, 0.25) is 5.02 Å². The third-order valence-corrected chi connectivity index (χ3v) is 6.51. The lowest BCUT2D eigenvalue weighted by atomic mass is 10.2. The average molecular weight is 408 g/mol. The van der Waals surface area contributed by atoms with Crippen LogP contribution in [0.25, 0.3) is 0 Å². The van der Waals surface area contributed by atoms with Crippen LogP contribution < -0.4 is 5.32 Å². The summed E-state index contributed by atoms with van der Waals surface area (Å²) in [6, 6.07) is 16.1. The number of nitrogens with one attached hydrogen (secondary N) is 1. The Balaban J connectivity index is 1.48. The molecule has 0 aromatic heterocycles. The van der Waals surface area contributed by atoms with E-state index < -0.39 is 10.0 Å². The van der Waals surface area contributed by atoms with Crippen molar-refractivity contribution in [2.75, 3.05) is 38.0 Å². The summed E-state index contributed by atoms with van der Waals surface area (Å²) >= 11 is 5.83. The Labute approximate surface area is 164 Å². The molecule has 1 heterocycles. The number of benzene rings is 2. The van der Waals surface area contributed by atoms with Crippen LogP contribution in [-0.2, 0) is 20.6 Å². The zero-order valence-corrected chi connectivity index (χ0v) is 16.4. The maximum Gasteiger partial charge on any atom is 0.238 e. The van der Waals surface area contributed by atoms with Gasteiger partial charge in [-0.25, -0.2) is 8.42 Å². The van der Waals surface area contributed by atoms with Gasteiger partial charge in [-0.15, -0.1) is 0 Å². The second kappa shape index (κ2) is 8.84. The Morgan fingerprint density at radius 3 is 2.22 bits per heavy atom. The molecule has 0 bridgehead atoms. The Hall–Kier alpha value is -1.93. The van der Waals surface area contributed by atoms with Crippen LogP contribution in [-0.4, -0.2) is 56.3 Å². The summed E-state index contributed by atoms with van der Waals surface area (Å²) in [5.74, 6) is -0.122. The van der Waals surface area contributed by atoms with Gasteiger partial charge in [0, 0.05) is 36.9 Å². The fourth-order valence-electron chi connectivity index (χ4n) is 2.98. The van der Waals surface area contributed by atoms with Crippen LogP contribution in [0.1, 0.15) is 5.56 Å². The number of anilines is 1. The molecule has 1 N–H and O–H groups in total. The maximum absolute atomic E-state index is 12.6. The first-order valence-corrected chi connectivity index (χ1v) is 10.7. The first-order chi connectivity index (χ1) is 12.9. The van der Waals surface area contributed by atoms with Gasteiger partial charge in [0.1, 0.15) is 0 Å². The highest BCUT2D eigenvalue weighted by atomic mass is 35.5. The molecule has 0 radical (unpaired) electrons. The highest BCUT2D eigenvalue weighted by Crippen LogP contribution is 2.15. The summed E-state index contributed by atoms with van der Waals surface area (Å²) < 4.78 is 26.6. The van der Waals surface area contributed by atoms with E-state index in [0.717, 1.165) is 5.56 Å². The van der Waals surface area contributed by atoms with Gasteiger partial charge in [0.25, 0.3) is 0 Å². The lowest BCUT2D eigenvalue weighted by molar-refractivity contribution is -0.117. The number of piperazine rings is 1. The van der Waals surface area contributed by atoms with E-state index in [1.807, 2.05) is 35.2 Å². The molecule has 1 amide bonds. The van der Waals surface area contributed by atoms with Gasteiger partial charge in [0.05, 0.1) is 12.3 Å². The first kappa shape index (κ1) is 19.8. The molecule has 2 aromatic rings. The minimum absolute atomic E-state index is 0.00485. The zero-order valence-electron chi connectivity index (χ0n) is 14.8. The first-order valence-electron chi connectivity index (χ1n) is 8.72. The third-order valence-electron chi connectivity index (χ3n) is 4.41. The maximum atomic E-state index is 12.6. The van der Waals surface area contributed by atoms with Gasteiger partial charge in [0.15, 0.2) is 0 Å². The van der Waals surface area contributed by atoms with E-state index in [1.54, 1.807) is 24.3 Å². The zero-order chi connectivity index (χ0) is 19.3. The Kier molecular flexibility index (Phi) is 6.49. The lowest BCUT2D eigenvalue weighted by Crippen LogP contribution is -2.50. The second-order valence-electron chi connectivity index (χ2n) is 6.47. The second-order valence-corrected chi connectivity index (χ2v) is 8.88. The molecule has 144 valence electrons. The predicted molar refractivity (Wildman–Crippen MR) is 107 cm³/mol. The van der Waals surface area contributed by atoms with Crippen molar-refractivity contribution >= 4 is 33.2 Å². The van der Waals surface area contributed by atoms with E-state index in [-0.39, 0.29) is 18.2 Å². The van der Waals surface area contributed by atoms with Gasteiger partial charge in [-0.2, -0.15) is 4.31 Å². The number of rotatable bonds is 6. The van der Waals surface area contributed by atoms with Gasteiger partial charge >= 0.3 is 0 Å². The van der Waals surface area contributed by atoms with Crippen LogP contribution in [0.15, 0.2) is 54.6 Å². The monoisotopic (exact) mass is 407 g/mol. The van der Waals surface area contributed by atoms with Crippen molar-refractivity contribution < 1.29 is 13.2 Å². The molecule has 8 heteroatoms. The van der Waals surface area contributed by atoms with Gasteiger partial charge in [-0.1, -0.05) is 41.9 Å². The molecule has 6 nitrogen and oxygen atoms in total. The number of carbonyl (C=O) groups is 1. The van der Waals surface area contributed by atoms with Crippen molar-refractivity contribution in [3.8, 4) is 0 Å². The Morgan fingerprint density at radius 2 is 1.59 bits per heavy atom. The minimum atomic E-state index is -3.35. The van der Waals surface area contributed by atoms with Crippen LogP contribution in [0.3, 0.4) is 0 Å². The topological polar surface area (TPSA) is 69.7 Å². The van der Waals surface area contributed by atoms with Gasteiger partial charge < -0.3 is 5.32 Å². The normalized spacial score (nSPS) is 16.2. The van der Waals surface area contributed by atoms with E-state index >= 15 is 0 Å². The molecule has 3 rings (SSSR count). The van der Waals surface area contributed by atoms with Crippen LogP contribution in [0.4, 0.5) is 5.69 Å². The Morgan fingerprint density at radius 1 is 0.963 bits per heavy atom. The van der Waals surface area contributed by atoms with E-state index in [9.17, 15) is 13.2 Å². The molecular weight excluding hydrogens is 386 g/mol. The number of carbonyl (C=O) groups excluding carboxylic acids is 1. The van der Waals surface area contributed by atoms with Crippen molar-refractivity contribution in [3.63, 3.8) is 0 Å². The number of nitrogens with zero attached hydrogens (tertiary/aromatic N) is 2. The van der Waals surface area contributed by atoms with E-state index in [2.05, 4.69) is 5.32 Å². The molecule has 0 spiro atoms. The van der Waals surface area contributed by atoms with Gasteiger partial charge in [-0.05, 0) is 29.8 Å². The van der Waals surface area contributed by atoms with Crippen LogP contribution >= 0.6 is 11.6 Å². The van der Waals surface area contributed by atoms with E-state index in [4.69, 9.17) is 11.6 Å². The minimum Gasteiger partial charge on any atom is -0.325 e. The molecule has 0 unspecified atom stereocenters. The van der Waals surface area contributed by atoms with Crippen LogP contribution in [0.5, 0.6) is 0 Å². The van der Waals surface area contributed by atoms with Crippen molar-refractivity contribution in [1.29, 1.82) is 0 Å². The summed E-state index contributed by atoms with van der Waals surface area (Å²) in [5, 5.41) is 3.43. The largest absolute Gasteiger partial charge is 0.325 e. The van der Waals surface area contributed by atoms with Crippen molar-refractivity contribution in [2.24, 2.45) is 0 Å². The summed E-state index contributed by atoms with van der Waals surface area (Å²) in [4.78, 5) is 14.1. The molecule has 0 atom stereocenters. The van der Waals surface area contributed by atoms with Crippen molar-refractivity contribution in [2.45, 2.75) is 5.75 Å². The number of hydrogen-bond donors (Lipinski definition) is 1. The molecule has 1 fully saturated rings.